The summed E-state index contributed by atoms with van der Waals surface area (Å²) in [5, 5.41) is 2.57. The minimum absolute atomic E-state index is 0.551. The van der Waals surface area contributed by atoms with Crippen LogP contribution in [0.1, 0.15) is 22.3 Å². The average Bonchev–Trinajstić information content (AvgIpc) is 4.15. The van der Waals surface area contributed by atoms with Gasteiger partial charge in [-0.25, -0.2) is 4.98 Å². The molecule has 3 nitrogen and oxygen atoms in total. The standard InChI is InChI=1S/C68H44N2OS/c1-5-17-45(18-6-1)46-31-33-49(34-32-46)67-69-63-44-54(40-42-64(63)71-67)70(52-37-35-48(36-38-52)56-27-16-29-60-59-28-15-26-55(65(59)72-66(56)60)47-19-7-2-8-20-47)53-39-41-58-57-25-13-14-30-61(57)68(62(58)43-53,50-21-9-3-10-22-50)51-23-11-4-12-24-51/h1-44H. The molecule has 13 aromatic rings. The zero-order valence-corrected chi connectivity index (χ0v) is 39.9. The Labute approximate surface area is 422 Å². The normalized spacial score (nSPS) is 12.6. The van der Waals surface area contributed by atoms with E-state index in [0.29, 0.717) is 5.89 Å². The van der Waals surface area contributed by atoms with E-state index in [9.17, 15) is 0 Å². The van der Waals surface area contributed by atoms with E-state index in [4.69, 9.17) is 9.40 Å². The lowest BCUT2D eigenvalue weighted by Crippen LogP contribution is -2.28. The Morgan fingerprint density at radius 1 is 0.347 bits per heavy atom. The molecule has 0 N–H and O–H groups in total. The number of oxazole rings is 1. The molecule has 0 spiro atoms. The van der Waals surface area contributed by atoms with E-state index in [2.05, 4.69) is 266 Å². The first-order valence-electron chi connectivity index (χ1n) is 24.5. The summed E-state index contributed by atoms with van der Waals surface area (Å²) in [6, 6.07) is 96.6. The number of aromatic nitrogens is 1. The lowest BCUT2D eigenvalue weighted by atomic mass is 9.67. The van der Waals surface area contributed by atoms with Gasteiger partial charge in [-0.3, -0.25) is 0 Å². The van der Waals surface area contributed by atoms with Gasteiger partial charge in [0.15, 0.2) is 5.58 Å². The molecule has 14 rings (SSSR count). The van der Waals surface area contributed by atoms with Crippen molar-refractivity contribution < 1.29 is 4.42 Å². The third kappa shape index (κ3) is 6.75. The molecular formula is C68H44N2OS. The third-order valence-corrected chi connectivity index (χ3v) is 15.9. The van der Waals surface area contributed by atoms with Crippen molar-refractivity contribution in [3.05, 3.63) is 289 Å². The van der Waals surface area contributed by atoms with Gasteiger partial charge in [0.2, 0.25) is 5.89 Å². The van der Waals surface area contributed by atoms with Gasteiger partial charge in [-0.2, -0.15) is 0 Å². The topological polar surface area (TPSA) is 29.3 Å². The number of rotatable bonds is 9. The second-order valence-corrected chi connectivity index (χ2v) is 19.6. The van der Waals surface area contributed by atoms with E-state index in [1.807, 2.05) is 17.4 Å². The Balaban J connectivity index is 0.925. The third-order valence-electron chi connectivity index (χ3n) is 14.6. The molecule has 2 heterocycles. The highest BCUT2D eigenvalue weighted by atomic mass is 32.1. The maximum atomic E-state index is 6.49. The summed E-state index contributed by atoms with van der Waals surface area (Å²) in [5.41, 5.74) is 19.7. The molecular weight excluding hydrogens is 893 g/mol. The Morgan fingerprint density at radius 2 is 0.819 bits per heavy atom. The summed E-state index contributed by atoms with van der Waals surface area (Å²) in [4.78, 5) is 7.51. The minimum atomic E-state index is -0.551. The van der Waals surface area contributed by atoms with Crippen molar-refractivity contribution in [2.24, 2.45) is 0 Å². The predicted octanol–water partition coefficient (Wildman–Crippen LogP) is 18.7. The molecule has 4 heteroatoms. The quantitative estimate of drug-likeness (QED) is 0.144. The summed E-state index contributed by atoms with van der Waals surface area (Å²) >= 11 is 1.89. The molecule has 0 unspecified atom stereocenters. The number of nitrogens with zero attached hydrogens (tertiary/aromatic N) is 2. The summed E-state index contributed by atoms with van der Waals surface area (Å²) in [7, 11) is 0. The van der Waals surface area contributed by atoms with Crippen LogP contribution >= 0.6 is 11.3 Å². The number of hydrogen-bond acceptors (Lipinski definition) is 4. The van der Waals surface area contributed by atoms with E-state index in [-0.39, 0.29) is 0 Å². The first-order valence-corrected chi connectivity index (χ1v) is 25.3. The van der Waals surface area contributed by atoms with E-state index in [0.717, 1.165) is 39.3 Å². The summed E-state index contributed by atoms with van der Waals surface area (Å²) < 4.78 is 9.09. The highest BCUT2D eigenvalue weighted by molar-refractivity contribution is 7.26. The van der Waals surface area contributed by atoms with Crippen molar-refractivity contribution in [3.8, 4) is 56.0 Å². The van der Waals surface area contributed by atoms with Gasteiger partial charge in [0, 0.05) is 42.8 Å². The van der Waals surface area contributed by atoms with Gasteiger partial charge >= 0.3 is 0 Å². The van der Waals surface area contributed by atoms with Gasteiger partial charge in [-0.15, -0.1) is 11.3 Å². The molecule has 2 aromatic heterocycles. The summed E-state index contributed by atoms with van der Waals surface area (Å²) in [6.07, 6.45) is 0. The Morgan fingerprint density at radius 3 is 1.47 bits per heavy atom. The second kappa shape index (κ2) is 17.1. The van der Waals surface area contributed by atoms with Crippen molar-refractivity contribution in [1.29, 1.82) is 0 Å². The van der Waals surface area contributed by atoms with Gasteiger partial charge in [0.1, 0.15) is 5.52 Å². The smallest absolute Gasteiger partial charge is 0.227 e. The molecule has 0 radical (unpaired) electrons. The monoisotopic (exact) mass is 936 g/mol. The Bertz CT molecular complexity index is 4090. The van der Waals surface area contributed by atoms with Crippen LogP contribution in [0.4, 0.5) is 17.1 Å². The largest absolute Gasteiger partial charge is 0.436 e. The molecule has 0 atom stereocenters. The van der Waals surface area contributed by atoms with Crippen LogP contribution in [0.25, 0.3) is 87.2 Å². The molecule has 338 valence electrons. The lowest BCUT2D eigenvalue weighted by molar-refractivity contribution is 0.620. The van der Waals surface area contributed by atoms with Crippen LogP contribution in [0.3, 0.4) is 0 Å². The number of hydrogen-bond donors (Lipinski definition) is 0. The van der Waals surface area contributed by atoms with Crippen molar-refractivity contribution in [2.45, 2.75) is 5.41 Å². The number of benzene rings is 11. The van der Waals surface area contributed by atoms with Crippen LogP contribution in [0, 0.1) is 0 Å². The molecule has 0 fully saturated rings. The van der Waals surface area contributed by atoms with E-state index in [1.165, 1.54) is 81.4 Å². The summed E-state index contributed by atoms with van der Waals surface area (Å²) in [5.74, 6) is 0.592. The zero-order chi connectivity index (χ0) is 47.6. The molecule has 1 aliphatic rings. The SMILES string of the molecule is c1ccc(-c2ccc(-c3nc4cc(N(c5ccc(-c6cccc7c6sc6c(-c8ccccc8)cccc67)cc5)c5ccc6c(c5)C(c5ccccc5)(c5ccccc5)c5ccccc5-6)ccc4o3)cc2)cc1. The molecule has 0 saturated heterocycles. The molecule has 0 aliphatic heterocycles. The molecule has 0 saturated carbocycles. The van der Waals surface area contributed by atoms with Gasteiger partial charge < -0.3 is 9.32 Å². The van der Waals surface area contributed by atoms with Gasteiger partial charge in [0.05, 0.1) is 5.41 Å². The van der Waals surface area contributed by atoms with E-state index < -0.39 is 5.41 Å². The average molecular weight is 937 g/mol. The first-order chi connectivity index (χ1) is 35.7. The van der Waals surface area contributed by atoms with Crippen LogP contribution in [0.15, 0.2) is 271 Å². The maximum absolute atomic E-state index is 6.49. The number of fused-ring (bicyclic) bond motifs is 7. The molecule has 72 heavy (non-hydrogen) atoms. The zero-order valence-electron chi connectivity index (χ0n) is 39.1. The van der Waals surface area contributed by atoms with Gasteiger partial charge in [0.25, 0.3) is 0 Å². The fourth-order valence-electron chi connectivity index (χ4n) is 11.3. The fraction of sp³-hybridized carbons (Fsp3) is 0.0147. The van der Waals surface area contributed by atoms with E-state index in [1.54, 1.807) is 0 Å². The van der Waals surface area contributed by atoms with Crippen LogP contribution in [0.2, 0.25) is 0 Å². The molecule has 1 aliphatic carbocycles. The predicted molar refractivity (Wildman–Crippen MR) is 301 cm³/mol. The van der Waals surface area contributed by atoms with Gasteiger partial charge in [-0.05, 0) is 121 Å². The van der Waals surface area contributed by atoms with Crippen molar-refractivity contribution in [2.75, 3.05) is 4.90 Å². The Kier molecular flexibility index (Phi) is 9.94. The Hall–Kier alpha value is -9.09. The highest BCUT2D eigenvalue weighted by Gasteiger charge is 2.46. The van der Waals surface area contributed by atoms with Crippen molar-refractivity contribution in [1.82, 2.24) is 4.98 Å². The van der Waals surface area contributed by atoms with Crippen molar-refractivity contribution in [3.63, 3.8) is 0 Å². The second-order valence-electron chi connectivity index (χ2n) is 18.6. The molecule has 0 amide bonds. The van der Waals surface area contributed by atoms with Crippen LogP contribution < -0.4 is 4.90 Å². The first kappa shape index (κ1) is 41.8. The van der Waals surface area contributed by atoms with Crippen LogP contribution in [-0.2, 0) is 5.41 Å². The lowest BCUT2D eigenvalue weighted by Gasteiger charge is -2.35. The fourth-order valence-corrected chi connectivity index (χ4v) is 12.7. The minimum Gasteiger partial charge on any atom is -0.436 e. The van der Waals surface area contributed by atoms with Crippen LogP contribution in [-0.4, -0.2) is 4.98 Å². The van der Waals surface area contributed by atoms with Crippen LogP contribution in [0.5, 0.6) is 0 Å². The maximum Gasteiger partial charge on any atom is 0.227 e. The van der Waals surface area contributed by atoms with Gasteiger partial charge in [-0.1, -0.05) is 212 Å². The summed E-state index contributed by atoms with van der Waals surface area (Å²) in [6.45, 7) is 0. The molecule has 11 aromatic carbocycles. The van der Waals surface area contributed by atoms with Crippen molar-refractivity contribution >= 4 is 59.7 Å². The highest BCUT2D eigenvalue weighted by Crippen LogP contribution is 2.57. The number of anilines is 3. The van der Waals surface area contributed by atoms with E-state index >= 15 is 0 Å². The number of thiophene rings is 1. The molecule has 0 bridgehead atoms.